The first-order chi connectivity index (χ1) is 17.5. The van der Waals surface area contributed by atoms with Gasteiger partial charge in [0.25, 0.3) is 0 Å². The third-order valence-corrected chi connectivity index (χ3v) is 9.32. The highest BCUT2D eigenvalue weighted by Gasteiger charge is 2.39. The molecular formula is C27H30N2O6S. The van der Waals surface area contributed by atoms with Crippen molar-refractivity contribution in [2.24, 2.45) is 5.92 Å². The Kier molecular flexibility index (Phi) is 6.23. The molecule has 4 aliphatic heterocycles. The number of hydrogen-bond acceptors (Lipinski definition) is 6. The van der Waals surface area contributed by atoms with Gasteiger partial charge in [-0.25, -0.2) is 8.42 Å². The number of amides is 1. The van der Waals surface area contributed by atoms with E-state index in [0.717, 1.165) is 42.8 Å². The molecule has 1 saturated heterocycles. The first-order valence-electron chi connectivity index (χ1n) is 12.5. The van der Waals surface area contributed by atoms with Crippen LogP contribution in [-0.4, -0.2) is 76.1 Å². The first kappa shape index (κ1) is 23.5. The molecule has 36 heavy (non-hydrogen) atoms. The van der Waals surface area contributed by atoms with E-state index in [4.69, 9.17) is 14.2 Å². The van der Waals surface area contributed by atoms with E-state index in [1.807, 2.05) is 35.2 Å². The van der Waals surface area contributed by atoms with Gasteiger partial charge in [-0.3, -0.25) is 4.79 Å². The Hall–Kier alpha value is -2.88. The van der Waals surface area contributed by atoms with E-state index >= 15 is 0 Å². The summed E-state index contributed by atoms with van der Waals surface area (Å²) in [5.74, 6) is 1.49. The van der Waals surface area contributed by atoms with Crippen LogP contribution >= 0.6 is 0 Å². The molecule has 0 unspecified atom stereocenters. The van der Waals surface area contributed by atoms with Gasteiger partial charge in [0.15, 0.2) is 11.5 Å². The van der Waals surface area contributed by atoms with Crippen LogP contribution in [0.1, 0.15) is 24.3 Å². The number of ether oxygens (including phenoxy) is 3. The van der Waals surface area contributed by atoms with Crippen LogP contribution in [0.2, 0.25) is 0 Å². The van der Waals surface area contributed by atoms with Gasteiger partial charge in [0.2, 0.25) is 15.9 Å². The normalized spacial score (nSPS) is 20.8. The van der Waals surface area contributed by atoms with E-state index in [1.54, 1.807) is 18.2 Å². The van der Waals surface area contributed by atoms with Gasteiger partial charge in [-0.05, 0) is 41.7 Å². The maximum absolute atomic E-state index is 13.6. The van der Waals surface area contributed by atoms with Gasteiger partial charge in [-0.15, -0.1) is 0 Å². The highest BCUT2D eigenvalue weighted by Crippen LogP contribution is 2.36. The van der Waals surface area contributed by atoms with Crippen LogP contribution in [0, 0.1) is 5.92 Å². The average molecular weight is 511 g/mol. The summed E-state index contributed by atoms with van der Waals surface area (Å²) >= 11 is 0. The third kappa shape index (κ3) is 4.40. The van der Waals surface area contributed by atoms with Crippen molar-refractivity contribution in [2.45, 2.75) is 23.7 Å². The van der Waals surface area contributed by atoms with Gasteiger partial charge in [0.05, 0.1) is 24.0 Å². The molecule has 0 bridgehead atoms. The lowest BCUT2D eigenvalue weighted by molar-refractivity contribution is -0.132. The van der Waals surface area contributed by atoms with Crippen molar-refractivity contribution >= 4 is 15.9 Å². The molecule has 190 valence electrons. The Bertz CT molecular complexity index is 1270. The Morgan fingerprint density at radius 2 is 1.61 bits per heavy atom. The maximum atomic E-state index is 13.6. The van der Waals surface area contributed by atoms with Crippen LogP contribution in [0.25, 0.3) is 0 Å². The number of sulfonamides is 1. The molecule has 1 atom stereocenters. The van der Waals surface area contributed by atoms with Gasteiger partial charge in [0, 0.05) is 38.2 Å². The summed E-state index contributed by atoms with van der Waals surface area (Å²) in [7, 11) is -3.69. The highest BCUT2D eigenvalue weighted by atomic mass is 32.2. The smallest absolute Gasteiger partial charge is 0.243 e. The molecule has 6 rings (SSSR count). The Morgan fingerprint density at radius 3 is 2.28 bits per heavy atom. The largest absolute Gasteiger partial charge is 0.486 e. The van der Waals surface area contributed by atoms with Crippen LogP contribution in [0.5, 0.6) is 11.5 Å². The minimum atomic E-state index is -3.69. The number of benzene rings is 2. The average Bonchev–Trinajstić information content (AvgIpc) is 3.46. The molecule has 4 heterocycles. The molecule has 2 aromatic rings. The van der Waals surface area contributed by atoms with Crippen molar-refractivity contribution in [3.05, 3.63) is 65.2 Å². The molecular weight excluding hydrogens is 480 g/mol. The number of carbonyl (C=O) groups excluding carboxylic acids is 1. The van der Waals surface area contributed by atoms with E-state index < -0.39 is 10.0 Å². The zero-order chi connectivity index (χ0) is 24.7. The molecule has 4 aliphatic rings. The molecule has 8 nitrogen and oxygen atoms in total. The lowest BCUT2D eigenvalue weighted by Gasteiger charge is -2.30. The van der Waals surface area contributed by atoms with E-state index in [-0.39, 0.29) is 16.7 Å². The Balaban J connectivity index is 1.12. The fraction of sp³-hybridized carbons (Fsp3) is 0.444. The number of carbonyl (C=O) groups is 1. The van der Waals surface area contributed by atoms with Gasteiger partial charge in [-0.1, -0.05) is 30.3 Å². The van der Waals surface area contributed by atoms with E-state index in [9.17, 15) is 13.2 Å². The minimum Gasteiger partial charge on any atom is -0.486 e. The summed E-state index contributed by atoms with van der Waals surface area (Å²) in [5, 5.41) is 0. The standard InChI is InChI=1S/C27H30N2O6S/c30-27(24(8-6-19-17-33-18-19)20-4-2-1-3-5-20)28-13-21-15-29(16-22(21)14-28)36(31,32)23-7-9-25-26(12-23)35-11-10-34-25/h1-5,7,9,12,19,24H,6,8,10-11,13-18H2/t24-/m0/s1. The van der Waals surface area contributed by atoms with Crippen molar-refractivity contribution in [1.82, 2.24) is 9.21 Å². The van der Waals surface area contributed by atoms with Crippen LogP contribution in [-0.2, 0) is 19.6 Å². The summed E-state index contributed by atoms with van der Waals surface area (Å²) < 4.78 is 44.6. The van der Waals surface area contributed by atoms with Crippen LogP contribution < -0.4 is 9.47 Å². The molecule has 0 radical (unpaired) electrons. The SMILES string of the molecule is O=C([C@@H](CCC1COC1)c1ccccc1)N1CC2=C(C1)CN(S(=O)(=O)c1ccc3c(c1)OCCO3)C2. The van der Waals surface area contributed by atoms with Crippen molar-refractivity contribution in [1.29, 1.82) is 0 Å². The predicted octanol–water partition coefficient (Wildman–Crippen LogP) is 2.81. The van der Waals surface area contributed by atoms with E-state index in [1.165, 1.54) is 4.31 Å². The van der Waals surface area contributed by atoms with Crippen molar-refractivity contribution in [3.8, 4) is 11.5 Å². The summed E-state index contributed by atoms with van der Waals surface area (Å²) in [6, 6.07) is 14.7. The maximum Gasteiger partial charge on any atom is 0.243 e. The molecule has 0 N–H and O–H groups in total. The second-order valence-corrected chi connectivity index (χ2v) is 11.9. The number of fused-ring (bicyclic) bond motifs is 1. The summed E-state index contributed by atoms with van der Waals surface area (Å²) in [6.07, 6.45) is 1.76. The van der Waals surface area contributed by atoms with Crippen molar-refractivity contribution in [3.63, 3.8) is 0 Å². The number of hydrogen-bond donors (Lipinski definition) is 0. The van der Waals surface area contributed by atoms with Crippen LogP contribution in [0.4, 0.5) is 0 Å². The van der Waals surface area contributed by atoms with E-state index in [2.05, 4.69) is 0 Å². The monoisotopic (exact) mass is 510 g/mol. The molecule has 9 heteroatoms. The quantitative estimate of drug-likeness (QED) is 0.533. The van der Waals surface area contributed by atoms with Gasteiger partial charge >= 0.3 is 0 Å². The van der Waals surface area contributed by atoms with Crippen molar-refractivity contribution in [2.75, 3.05) is 52.6 Å². The minimum absolute atomic E-state index is 0.122. The Morgan fingerprint density at radius 1 is 0.917 bits per heavy atom. The Labute approximate surface area is 211 Å². The van der Waals surface area contributed by atoms with Crippen LogP contribution in [0.15, 0.2) is 64.6 Å². The summed E-state index contributed by atoms with van der Waals surface area (Å²) in [6.45, 7) is 4.01. The topological polar surface area (TPSA) is 85.4 Å². The molecule has 1 fully saturated rings. The molecule has 0 aliphatic carbocycles. The van der Waals surface area contributed by atoms with Gasteiger partial charge in [-0.2, -0.15) is 4.31 Å². The molecule has 0 saturated carbocycles. The molecule has 1 amide bonds. The lowest BCUT2D eigenvalue weighted by Crippen LogP contribution is -2.39. The highest BCUT2D eigenvalue weighted by molar-refractivity contribution is 7.89. The van der Waals surface area contributed by atoms with Gasteiger partial charge < -0.3 is 19.1 Å². The van der Waals surface area contributed by atoms with Crippen molar-refractivity contribution < 1.29 is 27.4 Å². The third-order valence-electron chi connectivity index (χ3n) is 7.53. The van der Waals surface area contributed by atoms with E-state index in [0.29, 0.717) is 56.8 Å². The zero-order valence-electron chi connectivity index (χ0n) is 20.1. The predicted molar refractivity (Wildman–Crippen MR) is 133 cm³/mol. The molecule has 0 aromatic heterocycles. The van der Waals surface area contributed by atoms with Crippen LogP contribution in [0.3, 0.4) is 0 Å². The molecule has 2 aromatic carbocycles. The molecule has 0 spiro atoms. The lowest BCUT2D eigenvalue weighted by atomic mass is 9.88. The first-order valence-corrected chi connectivity index (χ1v) is 13.9. The zero-order valence-corrected chi connectivity index (χ0v) is 20.9. The van der Waals surface area contributed by atoms with Gasteiger partial charge in [0.1, 0.15) is 13.2 Å². The fourth-order valence-corrected chi connectivity index (χ4v) is 6.84. The summed E-state index contributed by atoms with van der Waals surface area (Å²) in [4.78, 5) is 15.7. The number of rotatable bonds is 7. The second-order valence-electron chi connectivity index (χ2n) is 9.92. The second kappa shape index (κ2) is 9.53. The fourth-order valence-electron chi connectivity index (χ4n) is 5.40. The number of nitrogens with zero attached hydrogens (tertiary/aromatic N) is 2. The summed E-state index contributed by atoms with van der Waals surface area (Å²) in [5.41, 5.74) is 3.10.